The number of aromatic nitrogens is 3. The number of halogens is 1. The van der Waals surface area contributed by atoms with Crippen molar-refractivity contribution in [1.82, 2.24) is 14.8 Å². The molecule has 0 fully saturated rings. The largest absolute Gasteiger partial charge is 0.491 e. The van der Waals surface area contributed by atoms with Crippen molar-refractivity contribution in [3.63, 3.8) is 0 Å². The Kier molecular flexibility index (Phi) is 13.0. The topological polar surface area (TPSA) is 135 Å². The number of hydrogen-bond acceptors (Lipinski definition) is 11. The van der Waals surface area contributed by atoms with Gasteiger partial charge in [-0.05, 0) is 83.5 Å². The van der Waals surface area contributed by atoms with Gasteiger partial charge in [0.15, 0.2) is 5.82 Å². The number of hydrogen-bond donors (Lipinski definition) is 1. The summed E-state index contributed by atoms with van der Waals surface area (Å²) in [5.74, 6) is 1.40. The van der Waals surface area contributed by atoms with E-state index in [1.807, 2.05) is 56.5 Å². The molecular weight excluding hydrogens is 694 g/mol. The van der Waals surface area contributed by atoms with E-state index in [1.54, 1.807) is 35.6 Å². The number of nitrogens with zero attached hydrogens (tertiary/aromatic N) is 4. The highest BCUT2D eigenvalue weighted by Gasteiger charge is 2.32. The van der Waals surface area contributed by atoms with Gasteiger partial charge >= 0.3 is 5.97 Å². The number of carbonyl (C=O) groups is 2. The van der Waals surface area contributed by atoms with Crippen LogP contribution < -0.4 is 10.1 Å². The molecule has 51 heavy (non-hydrogen) atoms. The zero-order valence-electron chi connectivity index (χ0n) is 29.8. The van der Waals surface area contributed by atoms with Gasteiger partial charge in [0.1, 0.15) is 41.4 Å². The van der Waals surface area contributed by atoms with E-state index in [4.69, 9.17) is 40.3 Å². The van der Waals surface area contributed by atoms with Crippen LogP contribution in [0.3, 0.4) is 0 Å². The summed E-state index contributed by atoms with van der Waals surface area (Å²) in [4.78, 5) is 31.4. The minimum Gasteiger partial charge on any atom is -0.491 e. The lowest BCUT2D eigenvalue weighted by Crippen LogP contribution is -2.27. The smallest absolute Gasteiger partial charge is 0.332 e. The van der Waals surface area contributed by atoms with E-state index in [9.17, 15) is 9.59 Å². The molecule has 0 spiro atoms. The van der Waals surface area contributed by atoms with E-state index >= 15 is 0 Å². The quantitative estimate of drug-likeness (QED) is 0.0997. The first-order valence-corrected chi connectivity index (χ1v) is 17.9. The fourth-order valence-corrected chi connectivity index (χ4v) is 6.68. The number of rotatable bonds is 16. The number of aliphatic imine (C=N–C) groups is 1. The molecule has 1 aliphatic rings. The maximum absolute atomic E-state index is 13.4. The molecule has 12 nitrogen and oxygen atoms in total. The van der Waals surface area contributed by atoms with Crippen molar-refractivity contribution in [1.29, 1.82) is 0 Å². The molecule has 0 bridgehead atoms. The van der Waals surface area contributed by atoms with Crippen molar-refractivity contribution in [3.8, 4) is 10.8 Å². The number of carbonyl (C=O) groups excluding carboxylic acids is 2. The first-order valence-electron chi connectivity index (χ1n) is 16.7. The van der Waals surface area contributed by atoms with Gasteiger partial charge in [-0.25, -0.2) is 4.79 Å². The van der Waals surface area contributed by atoms with Gasteiger partial charge in [0.25, 0.3) is 0 Å². The zero-order chi connectivity index (χ0) is 36.5. The Hall–Kier alpha value is -4.14. The van der Waals surface area contributed by atoms with Crippen molar-refractivity contribution in [2.75, 3.05) is 51.6 Å². The van der Waals surface area contributed by atoms with Crippen LogP contribution in [0.25, 0.3) is 5.00 Å². The molecule has 0 radical (unpaired) electrons. The first kappa shape index (κ1) is 38.1. The monoisotopic (exact) mass is 737 g/mol. The second-order valence-electron chi connectivity index (χ2n) is 12.9. The highest BCUT2D eigenvalue weighted by atomic mass is 35.5. The van der Waals surface area contributed by atoms with E-state index < -0.39 is 17.6 Å². The van der Waals surface area contributed by atoms with Gasteiger partial charge in [0.05, 0.1) is 45.2 Å². The normalized spacial score (nSPS) is 13.9. The van der Waals surface area contributed by atoms with Crippen molar-refractivity contribution < 1.29 is 33.3 Å². The second kappa shape index (κ2) is 17.4. The molecule has 0 saturated carbocycles. The molecule has 0 saturated heterocycles. The molecule has 14 heteroatoms. The van der Waals surface area contributed by atoms with Crippen LogP contribution in [0.5, 0.6) is 5.75 Å². The van der Waals surface area contributed by atoms with Gasteiger partial charge in [-0.1, -0.05) is 23.7 Å². The lowest BCUT2D eigenvalue weighted by molar-refractivity contribution is -0.160. The molecule has 4 aromatic rings. The van der Waals surface area contributed by atoms with E-state index in [2.05, 4.69) is 29.4 Å². The van der Waals surface area contributed by atoms with Crippen LogP contribution in [0.1, 0.15) is 66.5 Å². The van der Waals surface area contributed by atoms with Crippen LogP contribution in [0.4, 0.5) is 5.69 Å². The number of anilines is 1. The third kappa shape index (κ3) is 10.5. The van der Waals surface area contributed by atoms with Gasteiger partial charge in [-0.15, -0.1) is 21.5 Å². The number of fused-ring (bicyclic) bond motifs is 3. The van der Waals surface area contributed by atoms with Crippen molar-refractivity contribution in [2.24, 2.45) is 4.99 Å². The SMILES string of the molecule is Cc1sc2c(c1C)C(c1ccc(Cl)cc1)=N[C@@H](CC(=O)Nc1ccc(OCCOCCOCCOCC(=O)OC(C)(C)C)cc1)c1nnc(C)n1-2. The Labute approximate surface area is 307 Å². The average Bonchev–Trinajstić information content (AvgIpc) is 3.55. The van der Waals surface area contributed by atoms with Crippen LogP contribution in [-0.2, 0) is 28.5 Å². The van der Waals surface area contributed by atoms with Crippen LogP contribution in [0.2, 0.25) is 5.02 Å². The number of ether oxygens (including phenoxy) is 5. The number of esters is 1. The van der Waals surface area contributed by atoms with Crippen molar-refractivity contribution >= 4 is 46.2 Å². The van der Waals surface area contributed by atoms with E-state index in [0.29, 0.717) is 55.3 Å². The second-order valence-corrected chi connectivity index (χ2v) is 14.5. The van der Waals surface area contributed by atoms with Crippen LogP contribution >= 0.6 is 22.9 Å². The van der Waals surface area contributed by atoms with Crippen molar-refractivity contribution in [3.05, 3.63) is 86.8 Å². The molecule has 2 aromatic carbocycles. The Balaban J connectivity index is 1.09. The van der Waals surface area contributed by atoms with Crippen LogP contribution in [-0.4, -0.2) is 84.2 Å². The lowest BCUT2D eigenvalue weighted by atomic mass is 9.99. The van der Waals surface area contributed by atoms with Crippen LogP contribution in [0.15, 0.2) is 53.5 Å². The molecular formula is C37H44ClN5O7S. The third-order valence-electron chi connectivity index (χ3n) is 7.75. The summed E-state index contributed by atoms with van der Waals surface area (Å²) in [5, 5.41) is 13.5. The predicted octanol–water partition coefficient (Wildman–Crippen LogP) is 6.60. The van der Waals surface area contributed by atoms with E-state index in [-0.39, 0.29) is 25.5 Å². The third-order valence-corrected chi connectivity index (χ3v) is 9.20. The fraction of sp³-hybridized carbons (Fsp3) is 0.432. The molecule has 1 aliphatic heterocycles. The number of thiophene rings is 1. The molecule has 0 aliphatic carbocycles. The van der Waals surface area contributed by atoms with Gasteiger partial charge in [-0.3, -0.25) is 14.4 Å². The predicted molar refractivity (Wildman–Crippen MR) is 197 cm³/mol. The van der Waals surface area contributed by atoms with Gasteiger partial charge in [0, 0.05) is 26.7 Å². The summed E-state index contributed by atoms with van der Waals surface area (Å²) in [7, 11) is 0. The number of amides is 1. The van der Waals surface area contributed by atoms with Gasteiger partial charge < -0.3 is 29.0 Å². The minimum absolute atomic E-state index is 0.0700. The molecule has 1 atom stereocenters. The standard InChI is InChI=1S/C37H44ClN5O7S/c1-23-24(2)51-36-33(23)34(26-7-9-27(38)10-8-26)40-30(35-42-41-25(3)43(35)36)21-31(44)39-28-11-13-29(14-12-28)49-20-19-47-16-15-46-17-18-48-22-32(45)50-37(4,5)6/h7-14,30H,15-22H2,1-6H3,(H,39,44)/t30-/m0/s1. The molecule has 0 unspecified atom stereocenters. The summed E-state index contributed by atoms with van der Waals surface area (Å²) in [5.41, 5.74) is 3.96. The highest BCUT2D eigenvalue weighted by Crippen LogP contribution is 2.39. The maximum Gasteiger partial charge on any atom is 0.332 e. The molecule has 2 aromatic heterocycles. The number of aryl methyl sites for hydroxylation is 2. The summed E-state index contributed by atoms with van der Waals surface area (Å²) >= 11 is 7.88. The summed E-state index contributed by atoms with van der Waals surface area (Å²) in [6.07, 6.45) is 0.0700. The Morgan fingerprint density at radius 3 is 2.20 bits per heavy atom. The number of nitrogens with one attached hydrogen (secondary N) is 1. The lowest BCUT2D eigenvalue weighted by Gasteiger charge is -2.19. The Morgan fingerprint density at radius 1 is 0.882 bits per heavy atom. The number of benzene rings is 2. The molecule has 5 rings (SSSR count). The molecule has 272 valence electrons. The zero-order valence-corrected chi connectivity index (χ0v) is 31.4. The summed E-state index contributed by atoms with van der Waals surface area (Å²) in [6, 6.07) is 14.2. The van der Waals surface area contributed by atoms with Gasteiger partial charge in [0.2, 0.25) is 5.91 Å². The molecule has 1 N–H and O–H groups in total. The molecule has 3 heterocycles. The highest BCUT2D eigenvalue weighted by molar-refractivity contribution is 7.15. The first-order chi connectivity index (χ1) is 24.4. The van der Waals surface area contributed by atoms with Crippen LogP contribution in [0, 0.1) is 20.8 Å². The average molecular weight is 738 g/mol. The Morgan fingerprint density at radius 2 is 1.53 bits per heavy atom. The summed E-state index contributed by atoms with van der Waals surface area (Å²) in [6.45, 7) is 13.6. The van der Waals surface area contributed by atoms with Gasteiger partial charge in [-0.2, -0.15) is 0 Å². The molecule has 1 amide bonds. The van der Waals surface area contributed by atoms with E-state index in [0.717, 1.165) is 33.2 Å². The van der Waals surface area contributed by atoms with E-state index in [1.165, 1.54) is 4.88 Å². The van der Waals surface area contributed by atoms with Crippen molar-refractivity contribution in [2.45, 2.75) is 59.6 Å². The summed E-state index contributed by atoms with van der Waals surface area (Å²) < 4.78 is 29.2. The fourth-order valence-electron chi connectivity index (χ4n) is 5.34. The Bertz CT molecular complexity index is 1830. The minimum atomic E-state index is -0.568. The maximum atomic E-state index is 13.4.